The highest BCUT2D eigenvalue weighted by Gasteiger charge is 2.33. The second-order valence-corrected chi connectivity index (χ2v) is 8.73. The van der Waals surface area contributed by atoms with Crippen LogP contribution < -0.4 is 16.4 Å². The number of aromatic nitrogens is 1. The maximum absolute atomic E-state index is 13.4. The summed E-state index contributed by atoms with van der Waals surface area (Å²) in [7, 11) is 0. The molecule has 0 aliphatic heterocycles. The Bertz CT molecular complexity index is 1180. The summed E-state index contributed by atoms with van der Waals surface area (Å²) in [6.07, 6.45) is -0.408. The van der Waals surface area contributed by atoms with E-state index >= 15 is 0 Å². The Kier molecular flexibility index (Phi) is 11.8. The predicted molar refractivity (Wildman–Crippen MR) is 138 cm³/mol. The molecule has 5 N–H and O–H groups in total. The number of unbranched alkanes of at least 4 members (excludes halogenated alkanes) is 1. The number of halogens is 3. The Balaban J connectivity index is 2.20. The number of nitrogens with one attached hydrogen (secondary N) is 3. The maximum Gasteiger partial charge on any atom is 0.417 e. The summed E-state index contributed by atoms with van der Waals surface area (Å²) in [6, 6.07) is 5.95. The van der Waals surface area contributed by atoms with Crippen molar-refractivity contribution in [3.05, 3.63) is 59.8 Å². The van der Waals surface area contributed by atoms with E-state index in [4.69, 9.17) is 10.5 Å². The van der Waals surface area contributed by atoms with Gasteiger partial charge in [-0.25, -0.2) is 4.79 Å². The highest BCUT2D eigenvalue weighted by Crippen LogP contribution is 2.36. The molecule has 0 aliphatic rings. The molecule has 1 aromatic heterocycles. The van der Waals surface area contributed by atoms with Crippen LogP contribution in [-0.2, 0) is 25.3 Å². The van der Waals surface area contributed by atoms with Crippen LogP contribution in [0.15, 0.2) is 48.6 Å². The van der Waals surface area contributed by atoms with Crippen molar-refractivity contribution in [1.82, 2.24) is 15.6 Å². The number of carbonyl (C=O) groups is 4. The van der Waals surface area contributed by atoms with Crippen molar-refractivity contribution < 1.29 is 37.1 Å². The standard InChI is InChI=1S/C27H33F3N4O5/c1-3-5-10-21(25(37)32-17(11-15-23(31)35)12-16-24(36)39-4-2)34-26(38)22-14-13-20(33-22)18-8-6-7-9-19(18)27(28,29)30/h6-9,12-14,16-17,21,33H,3-5,10-11,15H2,1-2H3,(H2,31,35)(H,32,37)(H,34,38)/t17-,21-/m0/s1. The van der Waals surface area contributed by atoms with Crippen LogP contribution in [0.3, 0.4) is 0 Å². The lowest BCUT2D eigenvalue weighted by atomic mass is 10.0. The number of benzene rings is 1. The Morgan fingerprint density at radius 2 is 1.77 bits per heavy atom. The van der Waals surface area contributed by atoms with Gasteiger partial charge in [0.25, 0.3) is 5.91 Å². The predicted octanol–water partition coefficient (Wildman–Crippen LogP) is 3.86. The third-order valence-electron chi connectivity index (χ3n) is 5.70. The lowest BCUT2D eigenvalue weighted by Crippen LogP contribution is -2.49. The van der Waals surface area contributed by atoms with E-state index in [1.54, 1.807) is 6.92 Å². The molecular weight excluding hydrogens is 517 g/mol. The number of hydrogen-bond donors (Lipinski definition) is 4. The second kappa shape index (κ2) is 14.7. The Labute approximate surface area is 224 Å². The van der Waals surface area contributed by atoms with Crippen molar-refractivity contribution in [3.63, 3.8) is 0 Å². The first kappa shape index (κ1) is 31.1. The van der Waals surface area contributed by atoms with E-state index in [9.17, 15) is 32.3 Å². The molecule has 0 saturated carbocycles. The summed E-state index contributed by atoms with van der Waals surface area (Å²) in [5.74, 6) is -2.46. The molecule has 0 unspecified atom stereocenters. The fraction of sp³-hybridized carbons (Fsp3) is 0.407. The number of primary amides is 1. The van der Waals surface area contributed by atoms with E-state index in [-0.39, 0.29) is 42.8 Å². The van der Waals surface area contributed by atoms with Gasteiger partial charge in [-0.3, -0.25) is 14.4 Å². The van der Waals surface area contributed by atoms with E-state index in [0.717, 1.165) is 18.6 Å². The van der Waals surface area contributed by atoms with Gasteiger partial charge >= 0.3 is 12.1 Å². The number of hydrogen-bond acceptors (Lipinski definition) is 5. The minimum absolute atomic E-state index is 0.0243. The summed E-state index contributed by atoms with van der Waals surface area (Å²) in [6.45, 7) is 3.71. The molecular formula is C27H33F3N4O5. The van der Waals surface area contributed by atoms with E-state index in [1.165, 1.54) is 36.4 Å². The molecule has 1 aromatic carbocycles. The zero-order valence-electron chi connectivity index (χ0n) is 21.8. The number of nitrogens with two attached hydrogens (primary N) is 1. The molecule has 9 nitrogen and oxygen atoms in total. The van der Waals surface area contributed by atoms with Crippen molar-refractivity contribution in [1.29, 1.82) is 0 Å². The van der Waals surface area contributed by atoms with E-state index in [0.29, 0.717) is 6.42 Å². The van der Waals surface area contributed by atoms with Crippen LogP contribution in [0.4, 0.5) is 13.2 Å². The molecule has 0 aliphatic carbocycles. The van der Waals surface area contributed by atoms with E-state index in [2.05, 4.69) is 15.6 Å². The van der Waals surface area contributed by atoms with Gasteiger partial charge in [0.15, 0.2) is 0 Å². The van der Waals surface area contributed by atoms with Gasteiger partial charge in [-0.2, -0.15) is 13.2 Å². The topological polar surface area (TPSA) is 143 Å². The number of carbonyl (C=O) groups excluding carboxylic acids is 4. The van der Waals surface area contributed by atoms with E-state index < -0.39 is 47.5 Å². The van der Waals surface area contributed by atoms with Gasteiger partial charge in [0.05, 0.1) is 12.2 Å². The smallest absolute Gasteiger partial charge is 0.417 e. The van der Waals surface area contributed by atoms with Gasteiger partial charge in [-0.05, 0) is 38.0 Å². The fourth-order valence-corrected chi connectivity index (χ4v) is 3.75. The van der Waals surface area contributed by atoms with Gasteiger partial charge in [0.1, 0.15) is 11.7 Å². The first-order chi connectivity index (χ1) is 18.5. The second-order valence-electron chi connectivity index (χ2n) is 8.73. The first-order valence-corrected chi connectivity index (χ1v) is 12.6. The molecule has 0 saturated heterocycles. The minimum atomic E-state index is -4.58. The van der Waals surface area contributed by atoms with Crippen LogP contribution >= 0.6 is 0 Å². The van der Waals surface area contributed by atoms with Crippen LogP contribution in [-0.4, -0.2) is 47.4 Å². The summed E-state index contributed by atoms with van der Waals surface area (Å²) in [5, 5.41) is 5.32. The summed E-state index contributed by atoms with van der Waals surface area (Å²) in [5.41, 5.74) is 4.32. The monoisotopic (exact) mass is 550 g/mol. The zero-order valence-corrected chi connectivity index (χ0v) is 21.8. The number of ether oxygens (including phenoxy) is 1. The van der Waals surface area contributed by atoms with Crippen LogP contribution in [0.1, 0.15) is 62.0 Å². The van der Waals surface area contributed by atoms with Gasteiger partial charge in [-0.15, -0.1) is 0 Å². The number of alkyl halides is 3. The fourth-order valence-electron chi connectivity index (χ4n) is 3.75. The van der Waals surface area contributed by atoms with Gasteiger partial charge in [0.2, 0.25) is 11.8 Å². The largest absolute Gasteiger partial charge is 0.463 e. The third-order valence-corrected chi connectivity index (χ3v) is 5.70. The number of amides is 3. The molecule has 2 atom stereocenters. The molecule has 2 rings (SSSR count). The summed E-state index contributed by atoms with van der Waals surface area (Å²) in [4.78, 5) is 51.7. The molecule has 0 bridgehead atoms. The highest BCUT2D eigenvalue weighted by atomic mass is 19.4. The van der Waals surface area contributed by atoms with Crippen molar-refractivity contribution in [2.75, 3.05) is 6.61 Å². The molecule has 12 heteroatoms. The van der Waals surface area contributed by atoms with Gasteiger partial charge < -0.3 is 26.1 Å². The van der Waals surface area contributed by atoms with Crippen LogP contribution in [0.5, 0.6) is 0 Å². The molecule has 2 aromatic rings. The number of H-pyrrole nitrogens is 1. The third kappa shape index (κ3) is 9.95. The molecule has 1 heterocycles. The first-order valence-electron chi connectivity index (χ1n) is 12.6. The van der Waals surface area contributed by atoms with Crippen molar-refractivity contribution >= 4 is 23.7 Å². The average molecular weight is 551 g/mol. The minimum Gasteiger partial charge on any atom is -0.463 e. The lowest BCUT2D eigenvalue weighted by Gasteiger charge is -2.21. The SMILES string of the molecule is CCCC[C@H](NC(=O)c1ccc(-c2ccccc2C(F)(F)F)[nH]1)C(=O)N[C@H](C=CC(=O)OCC)CCC(N)=O. The highest BCUT2D eigenvalue weighted by molar-refractivity contribution is 5.97. The average Bonchev–Trinajstić information content (AvgIpc) is 3.38. The Morgan fingerprint density at radius 3 is 2.41 bits per heavy atom. The van der Waals surface area contributed by atoms with Crippen LogP contribution in [0.25, 0.3) is 11.3 Å². The number of esters is 1. The maximum atomic E-state index is 13.4. The summed E-state index contributed by atoms with van der Waals surface area (Å²) < 4.78 is 45.1. The van der Waals surface area contributed by atoms with Crippen LogP contribution in [0, 0.1) is 0 Å². The molecule has 212 valence electrons. The van der Waals surface area contributed by atoms with Crippen molar-refractivity contribution in [2.24, 2.45) is 5.73 Å². The molecule has 3 amide bonds. The normalized spacial score (nSPS) is 13.1. The van der Waals surface area contributed by atoms with Crippen molar-refractivity contribution in [2.45, 2.75) is 64.2 Å². The molecule has 0 fully saturated rings. The molecule has 39 heavy (non-hydrogen) atoms. The van der Waals surface area contributed by atoms with Gasteiger partial charge in [-0.1, -0.05) is 44.0 Å². The number of rotatable bonds is 14. The molecule has 0 spiro atoms. The molecule has 0 radical (unpaired) electrons. The van der Waals surface area contributed by atoms with Crippen molar-refractivity contribution in [3.8, 4) is 11.3 Å². The van der Waals surface area contributed by atoms with E-state index in [1.807, 2.05) is 6.92 Å². The van der Waals surface area contributed by atoms with Crippen LogP contribution in [0.2, 0.25) is 0 Å². The number of aromatic amines is 1. The zero-order chi connectivity index (χ0) is 29.0. The quantitative estimate of drug-likeness (QED) is 0.209. The Hall–Kier alpha value is -4.09. The summed E-state index contributed by atoms with van der Waals surface area (Å²) >= 11 is 0. The lowest BCUT2D eigenvalue weighted by molar-refractivity contribution is -0.138. The van der Waals surface area contributed by atoms with Gasteiger partial charge in [0, 0.05) is 29.8 Å². The Morgan fingerprint density at radius 1 is 1.05 bits per heavy atom.